The summed E-state index contributed by atoms with van der Waals surface area (Å²) in [6, 6.07) is 13.4. The van der Waals surface area contributed by atoms with Gasteiger partial charge in [0.2, 0.25) is 11.8 Å². The number of amides is 2. The van der Waals surface area contributed by atoms with Crippen LogP contribution in [0.5, 0.6) is 0 Å². The Balaban J connectivity index is 1.45. The summed E-state index contributed by atoms with van der Waals surface area (Å²) in [5.74, 6) is 0.868. The molecule has 2 fully saturated rings. The first-order chi connectivity index (χ1) is 19.4. The molecule has 1 aromatic heterocycles. The van der Waals surface area contributed by atoms with Crippen LogP contribution in [0, 0.1) is 11.3 Å². The van der Waals surface area contributed by atoms with Crippen LogP contribution in [-0.4, -0.2) is 78.1 Å². The van der Waals surface area contributed by atoms with Crippen molar-refractivity contribution in [2.75, 3.05) is 38.3 Å². The molecule has 2 saturated heterocycles. The lowest BCUT2D eigenvalue weighted by atomic mass is 9.66. The minimum atomic E-state index is -1.26. The molecule has 5 rings (SSSR count). The highest BCUT2D eigenvalue weighted by molar-refractivity contribution is 7.99. The van der Waals surface area contributed by atoms with E-state index in [1.807, 2.05) is 60.0 Å². The zero-order valence-corrected chi connectivity index (χ0v) is 23.8. The maximum atomic E-state index is 14.0. The number of piperidine rings is 1. The van der Waals surface area contributed by atoms with E-state index in [0.29, 0.717) is 31.2 Å². The maximum absolute atomic E-state index is 14.0. The predicted octanol–water partition coefficient (Wildman–Crippen LogP) is 3.64. The van der Waals surface area contributed by atoms with Gasteiger partial charge >= 0.3 is 5.97 Å². The first kappa shape index (κ1) is 28.4. The lowest BCUT2D eigenvalue weighted by Gasteiger charge is -2.51. The van der Waals surface area contributed by atoms with Gasteiger partial charge in [-0.2, -0.15) is 11.8 Å². The summed E-state index contributed by atoms with van der Waals surface area (Å²) in [4.78, 5) is 44.3. The zero-order valence-electron chi connectivity index (χ0n) is 23.0. The molecule has 10 heteroatoms. The lowest BCUT2D eigenvalue weighted by Crippen LogP contribution is -2.60. The lowest BCUT2D eigenvalue weighted by molar-refractivity contribution is -0.178. The van der Waals surface area contributed by atoms with Gasteiger partial charge < -0.3 is 28.4 Å². The Morgan fingerprint density at radius 1 is 1.12 bits per heavy atom. The minimum absolute atomic E-state index is 0.0283. The van der Waals surface area contributed by atoms with E-state index in [1.165, 1.54) is 7.11 Å². The second-order valence-electron chi connectivity index (χ2n) is 10.4. The number of benzene rings is 1. The highest BCUT2D eigenvalue weighted by Crippen LogP contribution is 2.50. The summed E-state index contributed by atoms with van der Waals surface area (Å²) in [5, 5.41) is 0. The number of ether oxygens (including phenoxy) is 3. The minimum Gasteiger partial charge on any atom is -0.468 e. The molecule has 0 N–H and O–H groups in total. The average Bonchev–Trinajstić information content (AvgIpc) is 3.49. The Labute approximate surface area is 238 Å². The van der Waals surface area contributed by atoms with Gasteiger partial charge in [0.1, 0.15) is 17.3 Å². The molecule has 2 amide bonds. The number of methoxy groups -OCH3 is 1. The van der Waals surface area contributed by atoms with Crippen molar-refractivity contribution in [2.24, 2.45) is 11.3 Å². The number of hydrogen-bond donors (Lipinski definition) is 0. The number of rotatable bonds is 9. The molecule has 40 heavy (non-hydrogen) atoms. The van der Waals surface area contributed by atoms with Crippen molar-refractivity contribution in [1.29, 1.82) is 0 Å². The molecule has 2 aromatic rings. The molecule has 3 aliphatic rings. The van der Waals surface area contributed by atoms with Gasteiger partial charge in [0.25, 0.3) is 0 Å². The van der Waals surface area contributed by atoms with Crippen molar-refractivity contribution < 1.29 is 33.0 Å². The topological polar surface area (TPSA) is 98.5 Å². The van der Waals surface area contributed by atoms with Gasteiger partial charge in [-0.1, -0.05) is 30.3 Å². The van der Waals surface area contributed by atoms with Crippen LogP contribution in [0.4, 0.5) is 0 Å². The molecule has 0 unspecified atom stereocenters. The zero-order chi connectivity index (χ0) is 28.1. The van der Waals surface area contributed by atoms with E-state index in [4.69, 9.17) is 18.6 Å². The Bertz CT molecular complexity index is 1210. The standard InChI is InChI=1S/C30H36N2O7S/c1-21-30(29(35)36-2)17-23(15-27(33)31-10-13-40-14-11-31)28(34)32(18-24-9-6-12-38-24)26(30)16-25(39-21)20-37-19-22-7-4-3-5-8-22/h3-9,12,16,21,23,25H,10-11,13-15,17-20H2,1-2H3/t21-,23+,25-,30+/m1/s1. The van der Waals surface area contributed by atoms with Gasteiger partial charge in [0.15, 0.2) is 0 Å². The molecule has 9 nitrogen and oxygen atoms in total. The summed E-state index contributed by atoms with van der Waals surface area (Å²) in [7, 11) is 1.34. The van der Waals surface area contributed by atoms with Crippen molar-refractivity contribution in [1.82, 2.24) is 9.80 Å². The number of hydrogen-bond acceptors (Lipinski definition) is 8. The highest BCUT2D eigenvalue weighted by Gasteiger charge is 2.59. The molecule has 214 valence electrons. The fourth-order valence-corrected chi connectivity index (χ4v) is 6.79. The number of carbonyl (C=O) groups is 3. The molecule has 3 aliphatic heterocycles. The molecule has 0 aliphatic carbocycles. The van der Waals surface area contributed by atoms with Gasteiger partial charge in [-0.25, -0.2) is 0 Å². The fraction of sp³-hybridized carbons (Fsp3) is 0.500. The molecule has 4 atom stereocenters. The van der Waals surface area contributed by atoms with Crippen molar-refractivity contribution >= 4 is 29.5 Å². The van der Waals surface area contributed by atoms with E-state index in [1.54, 1.807) is 23.3 Å². The summed E-state index contributed by atoms with van der Waals surface area (Å²) >= 11 is 1.82. The number of furan rings is 1. The molecule has 1 aromatic carbocycles. The number of nitrogens with zero attached hydrogens (tertiary/aromatic N) is 2. The third-order valence-corrected chi connectivity index (χ3v) is 8.91. The van der Waals surface area contributed by atoms with Crippen LogP contribution in [0.1, 0.15) is 31.1 Å². The quantitative estimate of drug-likeness (QED) is 0.423. The van der Waals surface area contributed by atoms with Gasteiger partial charge in [-0.05, 0) is 37.1 Å². The third-order valence-electron chi connectivity index (χ3n) is 7.97. The highest BCUT2D eigenvalue weighted by atomic mass is 32.2. The Hall–Kier alpha value is -3.08. The maximum Gasteiger partial charge on any atom is 0.320 e. The third kappa shape index (κ3) is 5.84. The Kier molecular flexibility index (Phi) is 8.97. The smallest absolute Gasteiger partial charge is 0.320 e. The van der Waals surface area contributed by atoms with Crippen LogP contribution in [0.15, 0.2) is 64.9 Å². The Morgan fingerprint density at radius 2 is 1.90 bits per heavy atom. The van der Waals surface area contributed by atoms with Gasteiger partial charge in [-0.15, -0.1) is 0 Å². The van der Waals surface area contributed by atoms with Gasteiger partial charge in [0.05, 0.1) is 39.2 Å². The molecule has 0 spiro atoms. The molecule has 4 heterocycles. The average molecular weight is 569 g/mol. The second kappa shape index (κ2) is 12.6. The molecule has 0 bridgehead atoms. The van der Waals surface area contributed by atoms with Crippen molar-refractivity contribution in [3.8, 4) is 0 Å². The molecular weight excluding hydrogens is 532 g/mol. The van der Waals surface area contributed by atoms with Gasteiger partial charge in [0, 0.05) is 42.6 Å². The molecule has 0 radical (unpaired) electrons. The van der Waals surface area contributed by atoms with E-state index >= 15 is 0 Å². The van der Waals surface area contributed by atoms with Crippen molar-refractivity contribution in [3.05, 3.63) is 71.8 Å². The number of carbonyl (C=O) groups excluding carboxylic acids is 3. The SMILES string of the molecule is COC(=O)[C@]12C[C@H](CC(=O)N3CCSCC3)C(=O)N(Cc3ccco3)C1=C[C@H](COCc1ccccc1)O[C@@H]2C. The summed E-state index contributed by atoms with van der Waals surface area (Å²) in [6.07, 6.45) is 2.41. The largest absolute Gasteiger partial charge is 0.468 e. The first-order valence-corrected chi connectivity index (χ1v) is 14.8. The number of thioether (sulfide) groups is 1. The summed E-state index contributed by atoms with van der Waals surface area (Å²) < 4.78 is 23.2. The number of esters is 1. The second-order valence-corrected chi connectivity index (χ2v) is 11.7. The normalized spacial score (nSPS) is 26.7. The van der Waals surface area contributed by atoms with Crippen LogP contribution in [0.2, 0.25) is 0 Å². The van der Waals surface area contributed by atoms with Crippen LogP contribution < -0.4 is 0 Å². The van der Waals surface area contributed by atoms with E-state index < -0.39 is 29.5 Å². The first-order valence-electron chi connectivity index (χ1n) is 13.7. The van der Waals surface area contributed by atoms with Crippen molar-refractivity contribution in [3.63, 3.8) is 0 Å². The number of fused-ring (bicyclic) bond motifs is 1. The summed E-state index contributed by atoms with van der Waals surface area (Å²) in [5.41, 5.74) is 0.300. The Morgan fingerprint density at radius 3 is 2.60 bits per heavy atom. The van der Waals surface area contributed by atoms with Crippen LogP contribution in [0.25, 0.3) is 0 Å². The number of likely N-dealkylation sites (tertiary alicyclic amines) is 1. The van der Waals surface area contributed by atoms with E-state index in [2.05, 4.69) is 0 Å². The van der Waals surface area contributed by atoms with Crippen LogP contribution in [0.3, 0.4) is 0 Å². The van der Waals surface area contributed by atoms with Crippen LogP contribution in [-0.2, 0) is 41.7 Å². The summed E-state index contributed by atoms with van der Waals surface area (Å²) in [6.45, 7) is 3.95. The molecule has 0 saturated carbocycles. The monoisotopic (exact) mass is 568 g/mol. The van der Waals surface area contributed by atoms with E-state index in [0.717, 1.165) is 17.1 Å². The van der Waals surface area contributed by atoms with E-state index in [9.17, 15) is 14.4 Å². The fourth-order valence-electron chi connectivity index (χ4n) is 5.89. The molecular formula is C30H36N2O7S. The predicted molar refractivity (Wildman–Crippen MR) is 149 cm³/mol. The van der Waals surface area contributed by atoms with E-state index in [-0.39, 0.29) is 37.8 Å². The van der Waals surface area contributed by atoms with Crippen molar-refractivity contribution in [2.45, 2.75) is 45.1 Å². The van der Waals surface area contributed by atoms with Gasteiger partial charge in [-0.3, -0.25) is 14.4 Å². The van der Waals surface area contributed by atoms with Crippen LogP contribution >= 0.6 is 11.8 Å².